The molecule has 2 heteroatoms. The Labute approximate surface area is 106 Å². The molecule has 1 saturated carbocycles. The lowest BCUT2D eigenvalue weighted by Gasteiger charge is -2.27. The molecule has 0 aromatic carbocycles. The molecule has 0 amide bonds. The SMILES string of the molecule is CCCCCCC(=O)OC(C)C1CCCCC1. The van der Waals surface area contributed by atoms with Gasteiger partial charge in [-0.3, -0.25) is 4.79 Å². The van der Waals surface area contributed by atoms with Crippen LogP contribution in [0.4, 0.5) is 0 Å². The third kappa shape index (κ3) is 6.09. The molecule has 0 spiro atoms. The summed E-state index contributed by atoms with van der Waals surface area (Å²) in [4.78, 5) is 11.6. The van der Waals surface area contributed by atoms with E-state index >= 15 is 0 Å². The highest BCUT2D eigenvalue weighted by Crippen LogP contribution is 2.28. The second kappa shape index (κ2) is 8.54. The predicted octanol–water partition coefficient (Wildman–Crippen LogP) is 4.47. The number of ether oxygens (including phenoxy) is 1. The van der Waals surface area contributed by atoms with Gasteiger partial charge in [0.2, 0.25) is 0 Å². The van der Waals surface area contributed by atoms with E-state index in [-0.39, 0.29) is 12.1 Å². The summed E-state index contributed by atoms with van der Waals surface area (Å²) in [6, 6.07) is 0. The molecule has 0 aliphatic heterocycles. The fraction of sp³-hybridized carbons (Fsp3) is 0.933. The van der Waals surface area contributed by atoms with E-state index in [1.54, 1.807) is 0 Å². The first-order valence-electron chi connectivity index (χ1n) is 7.43. The highest BCUT2D eigenvalue weighted by Gasteiger charge is 2.22. The monoisotopic (exact) mass is 240 g/mol. The molecule has 2 nitrogen and oxygen atoms in total. The number of unbranched alkanes of at least 4 members (excludes halogenated alkanes) is 3. The Bertz CT molecular complexity index is 207. The molecule has 0 radical (unpaired) electrons. The van der Waals surface area contributed by atoms with Crippen LogP contribution < -0.4 is 0 Å². The van der Waals surface area contributed by atoms with Crippen LogP contribution in [-0.2, 0) is 9.53 Å². The van der Waals surface area contributed by atoms with Gasteiger partial charge in [-0.05, 0) is 32.1 Å². The third-order valence-corrected chi connectivity index (χ3v) is 3.87. The molecule has 1 unspecified atom stereocenters. The van der Waals surface area contributed by atoms with Crippen molar-refractivity contribution in [1.82, 2.24) is 0 Å². The summed E-state index contributed by atoms with van der Waals surface area (Å²) >= 11 is 0. The first-order chi connectivity index (χ1) is 8.24. The zero-order valence-corrected chi connectivity index (χ0v) is 11.5. The van der Waals surface area contributed by atoms with Gasteiger partial charge >= 0.3 is 5.97 Å². The van der Waals surface area contributed by atoms with Crippen molar-refractivity contribution in [3.8, 4) is 0 Å². The topological polar surface area (TPSA) is 26.3 Å². The zero-order chi connectivity index (χ0) is 12.5. The molecule has 1 rings (SSSR count). The second-order valence-electron chi connectivity index (χ2n) is 5.40. The summed E-state index contributed by atoms with van der Waals surface area (Å²) in [7, 11) is 0. The van der Waals surface area contributed by atoms with Gasteiger partial charge in [0.25, 0.3) is 0 Å². The van der Waals surface area contributed by atoms with Crippen molar-refractivity contribution < 1.29 is 9.53 Å². The minimum absolute atomic E-state index is 0.0131. The largest absolute Gasteiger partial charge is 0.462 e. The standard InChI is InChI=1S/C15H28O2/c1-3-4-5-9-12-15(16)17-13(2)14-10-7-6-8-11-14/h13-14H,3-12H2,1-2H3. The van der Waals surface area contributed by atoms with Gasteiger partial charge in [0.15, 0.2) is 0 Å². The quantitative estimate of drug-likeness (QED) is 0.485. The van der Waals surface area contributed by atoms with Crippen molar-refractivity contribution in [3.05, 3.63) is 0 Å². The molecular weight excluding hydrogens is 212 g/mol. The van der Waals surface area contributed by atoms with Gasteiger partial charge in [0.1, 0.15) is 6.10 Å². The summed E-state index contributed by atoms with van der Waals surface area (Å²) < 4.78 is 5.53. The number of carbonyl (C=O) groups excluding carboxylic acids is 1. The van der Waals surface area contributed by atoms with Crippen molar-refractivity contribution in [3.63, 3.8) is 0 Å². The van der Waals surface area contributed by atoms with Crippen LogP contribution >= 0.6 is 0 Å². The van der Waals surface area contributed by atoms with Crippen molar-refractivity contribution >= 4 is 5.97 Å². The molecule has 1 atom stereocenters. The molecule has 1 fully saturated rings. The van der Waals surface area contributed by atoms with Crippen LogP contribution in [-0.4, -0.2) is 12.1 Å². The average molecular weight is 240 g/mol. The van der Waals surface area contributed by atoms with E-state index in [1.165, 1.54) is 44.9 Å². The summed E-state index contributed by atoms with van der Waals surface area (Å²) in [5, 5.41) is 0. The number of rotatable bonds is 7. The predicted molar refractivity (Wildman–Crippen MR) is 70.9 cm³/mol. The highest BCUT2D eigenvalue weighted by atomic mass is 16.5. The van der Waals surface area contributed by atoms with Crippen LogP contribution in [0, 0.1) is 5.92 Å². The average Bonchev–Trinajstić information content (AvgIpc) is 2.36. The van der Waals surface area contributed by atoms with Crippen molar-refractivity contribution in [2.24, 2.45) is 5.92 Å². The van der Waals surface area contributed by atoms with Crippen LogP contribution in [0.15, 0.2) is 0 Å². The number of carbonyl (C=O) groups is 1. The molecule has 0 heterocycles. The van der Waals surface area contributed by atoms with Crippen molar-refractivity contribution in [1.29, 1.82) is 0 Å². The van der Waals surface area contributed by atoms with Crippen LogP contribution in [0.2, 0.25) is 0 Å². The Balaban J connectivity index is 2.11. The molecule has 0 aromatic heterocycles. The maximum absolute atomic E-state index is 11.6. The van der Waals surface area contributed by atoms with Crippen molar-refractivity contribution in [2.45, 2.75) is 84.2 Å². The Hall–Kier alpha value is -0.530. The van der Waals surface area contributed by atoms with Gasteiger partial charge < -0.3 is 4.74 Å². The van der Waals surface area contributed by atoms with Crippen LogP contribution in [0.3, 0.4) is 0 Å². The molecule has 0 bridgehead atoms. The molecule has 1 aliphatic rings. The summed E-state index contributed by atoms with van der Waals surface area (Å²) in [5.74, 6) is 0.627. The summed E-state index contributed by atoms with van der Waals surface area (Å²) in [6.45, 7) is 4.25. The molecule has 0 saturated heterocycles. The maximum Gasteiger partial charge on any atom is 0.306 e. The number of hydrogen-bond acceptors (Lipinski definition) is 2. The number of hydrogen-bond donors (Lipinski definition) is 0. The zero-order valence-electron chi connectivity index (χ0n) is 11.5. The lowest BCUT2D eigenvalue weighted by atomic mass is 9.86. The van der Waals surface area contributed by atoms with Gasteiger partial charge in [-0.2, -0.15) is 0 Å². The fourth-order valence-electron chi connectivity index (χ4n) is 2.66. The van der Waals surface area contributed by atoms with Crippen LogP contribution in [0.1, 0.15) is 78.1 Å². The summed E-state index contributed by atoms with van der Waals surface area (Å²) in [5.41, 5.74) is 0. The van der Waals surface area contributed by atoms with Gasteiger partial charge in [0.05, 0.1) is 0 Å². The van der Waals surface area contributed by atoms with E-state index in [2.05, 4.69) is 13.8 Å². The lowest BCUT2D eigenvalue weighted by molar-refractivity contribution is -0.151. The Kier molecular flexibility index (Phi) is 7.30. The van der Waals surface area contributed by atoms with E-state index in [4.69, 9.17) is 4.74 Å². The molecule has 100 valence electrons. The van der Waals surface area contributed by atoms with E-state index in [0.717, 1.165) is 12.8 Å². The fourth-order valence-corrected chi connectivity index (χ4v) is 2.66. The van der Waals surface area contributed by atoms with E-state index in [9.17, 15) is 4.79 Å². The second-order valence-corrected chi connectivity index (χ2v) is 5.40. The minimum Gasteiger partial charge on any atom is -0.462 e. The van der Waals surface area contributed by atoms with Crippen LogP contribution in [0.25, 0.3) is 0 Å². The normalized spacial score (nSPS) is 18.9. The van der Waals surface area contributed by atoms with E-state index < -0.39 is 0 Å². The molecule has 1 aliphatic carbocycles. The van der Waals surface area contributed by atoms with Crippen LogP contribution in [0.5, 0.6) is 0 Å². The lowest BCUT2D eigenvalue weighted by Crippen LogP contribution is -2.25. The Morgan fingerprint density at radius 3 is 2.53 bits per heavy atom. The van der Waals surface area contributed by atoms with Gasteiger partial charge in [-0.25, -0.2) is 0 Å². The molecule has 0 aromatic rings. The smallest absolute Gasteiger partial charge is 0.306 e. The van der Waals surface area contributed by atoms with Gasteiger partial charge in [0, 0.05) is 6.42 Å². The Morgan fingerprint density at radius 1 is 1.18 bits per heavy atom. The first kappa shape index (κ1) is 14.5. The molecular formula is C15H28O2. The Morgan fingerprint density at radius 2 is 1.88 bits per heavy atom. The molecule has 0 N–H and O–H groups in total. The summed E-state index contributed by atoms with van der Waals surface area (Å²) in [6.07, 6.45) is 11.8. The molecule has 17 heavy (non-hydrogen) atoms. The number of esters is 1. The van der Waals surface area contributed by atoms with Gasteiger partial charge in [-0.15, -0.1) is 0 Å². The van der Waals surface area contributed by atoms with Crippen molar-refractivity contribution in [2.75, 3.05) is 0 Å². The maximum atomic E-state index is 11.6. The first-order valence-corrected chi connectivity index (χ1v) is 7.43. The third-order valence-electron chi connectivity index (χ3n) is 3.87. The highest BCUT2D eigenvalue weighted by molar-refractivity contribution is 5.69. The minimum atomic E-state index is 0.0131. The van der Waals surface area contributed by atoms with E-state index in [0.29, 0.717) is 12.3 Å². The van der Waals surface area contributed by atoms with Gasteiger partial charge in [-0.1, -0.05) is 45.4 Å². The van der Waals surface area contributed by atoms with E-state index in [1.807, 2.05) is 0 Å².